The Morgan fingerprint density at radius 3 is 1.83 bits per heavy atom. The summed E-state index contributed by atoms with van der Waals surface area (Å²) in [6.07, 6.45) is 18.4. The second kappa shape index (κ2) is 13.2. The second-order valence-corrected chi connectivity index (χ2v) is 6.12. The Balaban J connectivity index is 3.41. The van der Waals surface area contributed by atoms with E-state index in [0.717, 1.165) is 11.8 Å². The third kappa shape index (κ3) is 12.2. The third-order valence-electron chi connectivity index (χ3n) is 3.92. The van der Waals surface area contributed by atoms with Gasteiger partial charge in [0, 0.05) is 0 Å². The fourth-order valence-corrected chi connectivity index (χ4v) is 2.35. The zero-order chi connectivity index (χ0) is 13.6. The molecule has 0 fully saturated rings. The highest BCUT2D eigenvalue weighted by Gasteiger charge is 2.05. The lowest BCUT2D eigenvalue weighted by Gasteiger charge is -2.14. The first-order valence-electron chi connectivity index (χ1n) is 8.35. The average Bonchev–Trinajstić information content (AvgIpc) is 2.38. The topological polar surface area (TPSA) is 0 Å². The molecule has 0 rings (SSSR count). The van der Waals surface area contributed by atoms with E-state index in [1.807, 2.05) is 0 Å². The van der Waals surface area contributed by atoms with Gasteiger partial charge in [-0.2, -0.15) is 0 Å². The molecule has 0 N–H and O–H groups in total. The molecule has 0 aliphatic rings. The van der Waals surface area contributed by atoms with E-state index in [2.05, 4.69) is 39.8 Å². The molecule has 0 heteroatoms. The summed E-state index contributed by atoms with van der Waals surface area (Å²) in [6, 6.07) is 0. The van der Waals surface area contributed by atoms with Gasteiger partial charge in [0.2, 0.25) is 0 Å². The predicted molar refractivity (Wildman–Crippen MR) is 85.0 cm³/mol. The lowest BCUT2D eigenvalue weighted by Crippen LogP contribution is -2.00. The highest BCUT2D eigenvalue weighted by atomic mass is 14.1. The van der Waals surface area contributed by atoms with Gasteiger partial charge >= 0.3 is 0 Å². The minimum Gasteiger partial charge on any atom is -0.0885 e. The van der Waals surface area contributed by atoms with Gasteiger partial charge < -0.3 is 0 Å². The van der Waals surface area contributed by atoms with Crippen molar-refractivity contribution in [1.29, 1.82) is 0 Å². The molecule has 0 radical (unpaired) electrons. The fraction of sp³-hybridized carbons (Fsp3) is 0.889. The van der Waals surface area contributed by atoms with Crippen molar-refractivity contribution in [3.8, 4) is 0 Å². The lowest BCUT2D eigenvalue weighted by molar-refractivity contribution is 0.392. The summed E-state index contributed by atoms with van der Waals surface area (Å²) >= 11 is 0. The van der Waals surface area contributed by atoms with Crippen molar-refractivity contribution in [2.24, 2.45) is 11.8 Å². The number of rotatable bonds is 12. The van der Waals surface area contributed by atoms with Gasteiger partial charge in [0.15, 0.2) is 0 Å². The van der Waals surface area contributed by atoms with Crippen LogP contribution in [0.2, 0.25) is 0 Å². The summed E-state index contributed by atoms with van der Waals surface area (Å²) in [4.78, 5) is 0. The first kappa shape index (κ1) is 17.7. The van der Waals surface area contributed by atoms with Crippen LogP contribution in [-0.4, -0.2) is 0 Å². The number of hydrogen-bond acceptors (Lipinski definition) is 0. The van der Waals surface area contributed by atoms with Crippen LogP contribution in [0.1, 0.15) is 91.9 Å². The van der Waals surface area contributed by atoms with Crippen molar-refractivity contribution in [1.82, 2.24) is 0 Å². The maximum absolute atomic E-state index is 2.42. The van der Waals surface area contributed by atoms with Crippen LogP contribution in [0.4, 0.5) is 0 Å². The SMILES string of the molecule is CCCC/C=C\CCC(C)CCC(C)CCCC. The molecule has 0 bridgehead atoms. The molecule has 0 saturated heterocycles. The molecule has 0 saturated carbocycles. The predicted octanol–water partition coefficient (Wildman–Crippen LogP) is 6.76. The summed E-state index contributed by atoms with van der Waals surface area (Å²) in [5.41, 5.74) is 0. The molecule has 0 heterocycles. The summed E-state index contributed by atoms with van der Waals surface area (Å²) in [7, 11) is 0. The zero-order valence-electron chi connectivity index (χ0n) is 13.4. The van der Waals surface area contributed by atoms with E-state index < -0.39 is 0 Å². The first-order chi connectivity index (χ1) is 8.70. The van der Waals surface area contributed by atoms with E-state index in [0.29, 0.717) is 0 Å². The van der Waals surface area contributed by atoms with Crippen molar-refractivity contribution in [2.75, 3.05) is 0 Å². The molecule has 0 nitrogen and oxygen atoms in total. The summed E-state index contributed by atoms with van der Waals surface area (Å²) < 4.78 is 0. The average molecular weight is 252 g/mol. The smallest absolute Gasteiger partial charge is 0.0348 e. The minimum atomic E-state index is 0.907. The Kier molecular flexibility index (Phi) is 13.0. The Morgan fingerprint density at radius 2 is 1.22 bits per heavy atom. The van der Waals surface area contributed by atoms with Crippen LogP contribution in [0, 0.1) is 11.8 Å². The highest BCUT2D eigenvalue weighted by molar-refractivity contribution is 4.81. The lowest BCUT2D eigenvalue weighted by atomic mass is 9.92. The molecule has 108 valence electrons. The Labute approximate surface area is 116 Å². The normalized spacial score (nSPS) is 15.1. The van der Waals surface area contributed by atoms with E-state index in [1.54, 1.807) is 0 Å². The van der Waals surface area contributed by atoms with Crippen molar-refractivity contribution in [2.45, 2.75) is 91.9 Å². The maximum Gasteiger partial charge on any atom is -0.0348 e. The maximum atomic E-state index is 2.42. The Morgan fingerprint density at radius 1 is 0.667 bits per heavy atom. The molecule has 0 aliphatic carbocycles. The van der Waals surface area contributed by atoms with E-state index in [1.165, 1.54) is 64.2 Å². The van der Waals surface area contributed by atoms with Crippen molar-refractivity contribution in [3.63, 3.8) is 0 Å². The monoisotopic (exact) mass is 252 g/mol. The molecule has 0 aromatic rings. The van der Waals surface area contributed by atoms with Gasteiger partial charge in [-0.15, -0.1) is 0 Å². The van der Waals surface area contributed by atoms with Gasteiger partial charge in [-0.05, 0) is 31.1 Å². The molecule has 2 unspecified atom stereocenters. The molecule has 2 atom stereocenters. The fourth-order valence-electron chi connectivity index (χ4n) is 2.35. The standard InChI is InChI=1S/C18H36/c1-5-7-9-10-11-12-14-18(4)16-15-17(3)13-8-6-2/h10-11,17-18H,5-9,12-16H2,1-4H3/b11-10-. The molecule has 0 aromatic carbocycles. The first-order valence-corrected chi connectivity index (χ1v) is 8.35. The van der Waals surface area contributed by atoms with Crippen LogP contribution in [0.25, 0.3) is 0 Å². The van der Waals surface area contributed by atoms with E-state index in [4.69, 9.17) is 0 Å². The van der Waals surface area contributed by atoms with Crippen molar-refractivity contribution >= 4 is 0 Å². The van der Waals surface area contributed by atoms with Gasteiger partial charge in [-0.3, -0.25) is 0 Å². The Hall–Kier alpha value is -0.260. The molecule has 18 heavy (non-hydrogen) atoms. The van der Waals surface area contributed by atoms with Crippen molar-refractivity contribution in [3.05, 3.63) is 12.2 Å². The van der Waals surface area contributed by atoms with Crippen LogP contribution in [0.15, 0.2) is 12.2 Å². The van der Waals surface area contributed by atoms with Crippen LogP contribution in [0.5, 0.6) is 0 Å². The zero-order valence-corrected chi connectivity index (χ0v) is 13.4. The van der Waals surface area contributed by atoms with Gasteiger partial charge in [0.05, 0.1) is 0 Å². The summed E-state index contributed by atoms with van der Waals surface area (Å²) in [5.74, 6) is 1.84. The van der Waals surface area contributed by atoms with E-state index in [9.17, 15) is 0 Å². The van der Waals surface area contributed by atoms with Gasteiger partial charge in [0.25, 0.3) is 0 Å². The van der Waals surface area contributed by atoms with Gasteiger partial charge in [0.1, 0.15) is 0 Å². The number of hydrogen-bond donors (Lipinski definition) is 0. The molecular weight excluding hydrogens is 216 g/mol. The Bertz CT molecular complexity index is 180. The van der Waals surface area contributed by atoms with Crippen LogP contribution in [0.3, 0.4) is 0 Å². The van der Waals surface area contributed by atoms with E-state index in [-0.39, 0.29) is 0 Å². The van der Waals surface area contributed by atoms with Crippen LogP contribution < -0.4 is 0 Å². The third-order valence-corrected chi connectivity index (χ3v) is 3.92. The summed E-state index contributed by atoms with van der Waals surface area (Å²) in [5, 5.41) is 0. The number of unbranched alkanes of at least 4 members (excludes halogenated alkanes) is 3. The molecule has 0 aliphatic heterocycles. The molecule has 0 amide bonds. The quantitative estimate of drug-likeness (QED) is 0.266. The summed E-state index contributed by atoms with van der Waals surface area (Å²) in [6.45, 7) is 9.40. The molecule has 0 spiro atoms. The van der Waals surface area contributed by atoms with Crippen LogP contribution >= 0.6 is 0 Å². The largest absolute Gasteiger partial charge is 0.0885 e. The van der Waals surface area contributed by atoms with Crippen LogP contribution in [-0.2, 0) is 0 Å². The molecule has 0 aromatic heterocycles. The molecular formula is C18H36. The van der Waals surface area contributed by atoms with E-state index >= 15 is 0 Å². The van der Waals surface area contributed by atoms with Gasteiger partial charge in [-0.1, -0.05) is 84.8 Å². The van der Waals surface area contributed by atoms with Gasteiger partial charge in [-0.25, -0.2) is 0 Å². The number of allylic oxidation sites excluding steroid dienone is 2. The second-order valence-electron chi connectivity index (χ2n) is 6.12. The van der Waals surface area contributed by atoms with Crippen molar-refractivity contribution < 1.29 is 0 Å². The minimum absolute atomic E-state index is 0.907. The highest BCUT2D eigenvalue weighted by Crippen LogP contribution is 2.20.